The molecule has 0 atom stereocenters. The largest absolute Gasteiger partial charge is 0.493 e. The predicted octanol–water partition coefficient (Wildman–Crippen LogP) is 16.8. The molecule has 6 heterocycles. The van der Waals surface area contributed by atoms with Crippen LogP contribution in [0, 0.1) is 35.5 Å². The highest BCUT2D eigenvalue weighted by Crippen LogP contribution is 2.39. The lowest BCUT2D eigenvalue weighted by molar-refractivity contribution is 0.172. The number of hydrogen-bond acceptors (Lipinski definition) is 15. The fourth-order valence-corrected chi connectivity index (χ4v) is 14.4. The van der Waals surface area contributed by atoms with Gasteiger partial charge in [-0.3, -0.25) is 9.80 Å². The lowest BCUT2D eigenvalue weighted by Gasteiger charge is -2.32. The lowest BCUT2D eigenvalue weighted by Crippen LogP contribution is -2.33. The summed E-state index contributed by atoms with van der Waals surface area (Å²) in [4.78, 5) is 11.6. The van der Waals surface area contributed by atoms with Crippen molar-refractivity contribution in [2.24, 2.45) is 35.5 Å². The molecule has 3 saturated carbocycles. The van der Waals surface area contributed by atoms with Crippen LogP contribution in [0.4, 0.5) is 0 Å². The van der Waals surface area contributed by atoms with Crippen molar-refractivity contribution in [3.63, 3.8) is 0 Å². The Bertz CT molecular complexity index is 3510. The molecule has 0 unspecified atom stereocenters. The van der Waals surface area contributed by atoms with Crippen LogP contribution in [0.2, 0.25) is 10.0 Å². The highest BCUT2D eigenvalue weighted by molar-refractivity contribution is 6.30. The number of nitrogens with zero attached hydrogens (tertiary/aromatic N) is 8. The smallest absolute Gasteiger partial charge is 0.175 e. The maximum atomic E-state index is 6.17. The van der Waals surface area contributed by atoms with Gasteiger partial charge in [0, 0.05) is 58.9 Å². The highest BCUT2D eigenvalue weighted by atomic mass is 35.5. The number of aromatic nitrogens is 3. The Kier molecular flexibility index (Phi) is 27.4. The Balaban J connectivity index is 0.000000157. The molecular formula is C77H105Cl4N9O6. The van der Waals surface area contributed by atoms with Gasteiger partial charge < -0.3 is 47.8 Å². The average molecular weight is 1390 g/mol. The van der Waals surface area contributed by atoms with E-state index in [4.69, 9.17) is 51.0 Å². The van der Waals surface area contributed by atoms with E-state index in [9.17, 15) is 0 Å². The van der Waals surface area contributed by atoms with E-state index in [1.807, 2.05) is 24.3 Å². The van der Waals surface area contributed by atoms with Crippen molar-refractivity contribution in [3.05, 3.63) is 140 Å². The quantitative estimate of drug-likeness (QED) is 0.0498. The second-order valence-corrected chi connectivity index (χ2v) is 30.0. The van der Waals surface area contributed by atoms with E-state index in [0.29, 0.717) is 0 Å². The number of halogens is 4. The number of aryl methyl sites for hydroxylation is 3. The topological polar surface area (TPSA) is 134 Å². The van der Waals surface area contributed by atoms with Crippen LogP contribution in [0.1, 0.15) is 141 Å². The third-order valence-electron chi connectivity index (χ3n) is 20.1. The molecule has 3 aliphatic heterocycles. The van der Waals surface area contributed by atoms with Gasteiger partial charge in [-0.1, -0.05) is 62.9 Å². The standard InChI is InChI=1S/2C28H36ClN3O2.C21H31N3O2.2ClH/c2*1-31(2)18-25-27(33-19-21-6-7-21)11-9-24-26(30-34-28(24)25)10-8-20-12-14-32(15-13-20)17-22-4-3-5-23(29)16-22;1-24(2)13-18-20(25-14-16-3-4-16)8-6-17-19(23-26-21(17)18)7-5-15-9-11-22-12-10-15;;/h2*3-5,9,11,16,20-21H,6-8,10,12-15,17-19H2,1-2H3;6,8,15-16,22H,3-5,7,9-14H2,1-2H3;2*1H. The lowest BCUT2D eigenvalue weighted by atomic mass is 9.91. The van der Waals surface area contributed by atoms with Crippen LogP contribution in [-0.2, 0) is 52.0 Å². The molecule has 3 aliphatic carbocycles. The predicted molar refractivity (Wildman–Crippen MR) is 393 cm³/mol. The number of likely N-dealkylation sites (tertiary alicyclic amines) is 2. The van der Waals surface area contributed by atoms with Crippen molar-refractivity contribution >= 4 is 80.9 Å². The Morgan fingerprint density at radius 1 is 0.427 bits per heavy atom. The van der Waals surface area contributed by atoms with Crippen molar-refractivity contribution < 1.29 is 27.8 Å². The minimum absolute atomic E-state index is 0. The Labute approximate surface area is 592 Å². The zero-order chi connectivity index (χ0) is 64.9. The summed E-state index contributed by atoms with van der Waals surface area (Å²) in [5.74, 6) is 7.34. The normalized spacial score (nSPS) is 17.6. The van der Waals surface area contributed by atoms with Crippen LogP contribution in [0.3, 0.4) is 0 Å². The first-order chi connectivity index (χ1) is 45.8. The van der Waals surface area contributed by atoms with E-state index in [1.165, 1.54) is 94.6 Å². The van der Waals surface area contributed by atoms with Crippen LogP contribution in [-0.4, -0.2) is 141 Å². The number of benzene rings is 5. The van der Waals surface area contributed by atoms with Gasteiger partial charge in [0.25, 0.3) is 0 Å². The Morgan fingerprint density at radius 2 is 0.750 bits per heavy atom. The van der Waals surface area contributed by atoms with Gasteiger partial charge >= 0.3 is 0 Å². The van der Waals surface area contributed by atoms with Gasteiger partial charge in [-0.2, -0.15) is 0 Å². The van der Waals surface area contributed by atoms with Gasteiger partial charge in [0.05, 0.1) is 53.6 Å². The molecule has 0 bridgehead atoms. The molecule has 522 valence electrons. The van der Waals surface area contributed by atoms with Crippen molar-refractivity contribution in [3.8, 4) is 17.2 Å². The Morgan fingerprint density at radius 3 is 1.05 bits per heavy atom. The van der Waals surface area contributed by atoms with Crippen LogP contribution in [0.25, 0.3) is 32.9 Å². The molecule has 1 N–H and O–H groups in total. The van der Waals surface area contributed by atoms with Gasteiger partial charge in [0.1, 0.15) is 17.2 Å². The van der Waals surface area contributed by atoms with E-state index >= 15 is 0 Å². The van der Waals surface area contributed by atoms with Gasteiger partial charge in [-0.05, 0) is 304 Å². The number of hydrogen-bond donors (Lipinski definition) is 1. The number of piperidine rings is 3. The summed E-state index contributed by atoms with van der Waals surface area (Å²) in [6, 6.07) is 29.3. The number of nitrogens with one attached hydrogen (secondary N) is 1. The zero-order valence-electron chi connectivity index (χ0n) is 57.8. The summed E-state index contributed by atoms with van der Waals surface area (Å²) in [7, 11) is 12.5. The number of ether oxygens (including phenoxy) is 3. The molecule has 6 aliphatic rings. The van der Waals surface area contributed by atoms with Crippen LogP contribution >= 0.6 is 48.0 Å². The van der Waals surface area contributed by atoms with E-state index in [0.717, 1.165) is 253 Å². The molecule has 0 amide bonds. The minimum atomic E-state index is 0. The van der Waals surface area contributed by atoms with Gasteiger partial charge in [-0.25, -0.2) is 0 Å². The third kappa shape index (κ3) is 21.2. The molecule has 0 spiro atoms. The number of fused-ring (bicyclic) bond motifs is 3. The molecular weight excluding hydrogens is 1290 g/mol. The molecule has 19 heteroatoms. The molecule has 8 aromatic rings. The summed E-state index contributed by atoms with van der Waals surface area (Å²) >= 11 is 12.3. The maximum absolute atomic E-state index is 6.17. The molecule has 0 radical (unpaired) electrons. The second kappa shape index (κ2) is 35.7. The fourth-order valence-electron chi connectivity index (χ4n) is 13.9. The summed E-state index contributed by atoms with van der Waals surface area (Å²) in [5.41, 5.74) is 12.0. The minimum Gasteiger partial charge on any atom is -0.493 e. The first-order valence-corrected chi connectivity index (χ1v) is 36.2. The van der Waals surface area contributed by atoms with Crippen molar-refractivity contribution in [1.82, 2.24) is 45.3 Å². The Hall–Kier alpha value is -5.17. The summed E-state index contributed by atoms with van der Waals surface area (Å²) in [6.45, 7) is 13.7. The summed E-state index contributed by atoms with van der Waals surface area (Å²) in [6.07, 6.45) is 21.7. The monoisotopic (exact) mass is 1390 g/mol. The molecule has 6 fully saturated rings. The highest BCUT2D eigenvalue weighted by Gasteiger charge is 2.29. The maximum Gasteiger partial charge on any atom is 0.175 e. The van der Waals surface area contributed by atoms with E-state index in [1.54, 1.807) is 0 Å². The van der Waals surface area contributed by atoms with Gasteiger partial charge in [0.2, 0.25) is 0 Å². The van der Waals surface area contributed by atoms with Crippen LogP contribution in [0.5, 0.6) is 17.2 Å². The molecule has 15 nitrogen and oxygen atoms in total. The molecule has 3 saturated heterocycles. The van der Waals surface area contributed by atoms with Crippen molar-refractivity contribution in [2.45, 2.75) is 148 Å². The zero-order valence-corrected chi connectivity index (χ0v) is 60.9. The molecule has 3 aromatic heterocycles. The molecule has 96 heavy (non-hydrogen) atoms. The first kappa shape index (κ1) is 73.5. The van der Waals surface area contributed by atoms with Gasteiger partial charge in [-0.15, -0.1) is 24.8 Å². The van der Waals surface area contributed by atoms with Crippen molar-refractivity contribution in [1.29, 1.82) is 0 Å². The first-order valence-electron chi connectivity index (χ1n) is 35.5. The molecule has 5 aromatic carbocycles. The second-order valence-electron chi connectivity index (χ2n) is 29.1. The fraction of sp³-hybridized carbons (Fsp3) is 0.571. The van der Waals surface area contributed by atoms with Crippen LogP contribution in [0.15, 0.2) is 98.5 Å². The molecule has 14 rings (SSSR count). The average Bonchev–Trinajstić information content (AvgIpc) is 1.77. The summed E-state index contributed by atoms with van der Waals surface area (Å²) in [5, 5.41) is 22.0. The van der Waals surface area contributed by atoms with Crippen molar-refractivity contribution in [2.75, 3.05) is 101 Å². The van der Waals surface area contributed by atoms with E-state index < -0.39 is 0 Å². The van der Waals surface area contributed by atoms with E-state index in [2.05, 4.69) is 148 Å². The summed E-state index contributed by atoms with van der Waals surface area (Å²) < 4.78 is 36.1. The number of rotatable bonds is 28. The van der Waals surface area contributed by atoms with E-state index in [-0.39, 0.29) is 24.8 Å². The SMILES string of the molecule is CN(C)Cc1c(OCC2CC2)ccc2c(CCC3CCN(Cc4cccc(Cl)c4)CC3)noc12.CN(C)Cc1c(OCC2CC2)ccc2c(CCC3CCN(Cc4cccc(Cl)c4)CC3)noc12.CN(C)Cc1c(OCC2CC2)ccc2c(CCC3CCNCC3)noc12.Cl.Cl. The third-order valence-corrected chi connectivity index (χ3v) is 20.6. The van der Waals surface area contributed by atoms with Gasteiger partial charge in [0.15, 0.2) is 16.7 Å². The van der Waals surface area contributed by atoms with Crippen LogP contribution < -0.4 is 19.5 Å².